The molecule has 2 aliphatic heterocycles. The number of carbonyl (C=O) groups is 1. The maximum atomic E-state index is 13.3. The summed E-state index contributed by atoms with van der Waals surface area (Å²) in [5.74, 6) is -2.93. The molecule has 2 fully saturated rings. The fourth-order valence-corrected chi connectivity index (χ4v) is 2.99. The number of alkyl halides is 6. The van der Waals surface area contributed by atoms with Crippen molar-refractivity contribution in [2.24, 2.45) is 11.3 Å². The van der Waals surface area contributed by atoms with E-state index in [4.69, 9.17) is 0 Å². The largest absolute Gasteiger partial charge is 0.403 e. The fraction of sp³-hybridized carbons (Fsp3) is 0.917. The number of amides is 1. The molecule has 2 heterocycles. The number of carbonyl (C=O) groups excluding carboxylic acids is 1. The Morgan fingerprint density at radius 1 is 1.10 bits per heavy atom. The van der Waals surface area contributed by atoms with Crippen LogP contribution in [-0.2, 0) is 4.79 Å². The highest BCUT2D eigenvalue weighted by atomic mass is 19.4. The Morgan fingerprint density at radius 2 is 1.67 bits per heavy atom. The quantitative estimate of drug-likeness (QED) is 0.753. The van der Waals surface area contributed by atoms with E-state index in [0.717, 1.165) is 4.90 Å². The van der Waals surface area contributed by atoms with Crippen LogP contribution < -0.4 is 5.32 Å². The highest BCUT2D eigenvalue weighted by molar-refractivity contribution is 5.84. The highest BCUT2D eigenvalue weighted by Crippen LogP contribution is 2.47. The first-order chi connectivity index (χ1) is 9.58. The van der Waals surface area contributed by atoms with Crippen molar-refractivity contribution in [2.45, 2.75) is 31.6 Å². The van der Waals surface area contributed by atoms with Crippen molar-refractivity contribution < 1.29 is 31.1 Å². The Hall–Kier alpha value is -0.990. The molecule has 9 heteroatoms. The lowest BCUT2D eigenvalue weighted by Gasteiger charge is -2.40. The highest BCUT2D eigenvalue weighted by Gasteiger charge is 2.62. The minimum Gasteiger partial charge on any atom is -0.341 e. The number of halogens is 6. The molecule has 3 nitrogen and oxygen atoms in total. The lowest BCUT2D eigenvalue weighted by molar-refractivity contribution is -0.233. The second kappa shape index (κ2) is 5.33. The van der Waals surface area contributed by atoms with Gasteiger partial charge in [0.15, 0.2) is 0 Å². The average Bonchev–Trinajstić information content (AvgIpc) is 2.86. The van der Waals surface area contributed by atoms with Crippen LogP contribution in [0.3, 0.4) is 0 Å². The Bertz CT molecular complexity index is 400. The van der Waals surface area contributed by atoms with Crippen LogP contribution in [0.1, 0.15) is 19.3 Å². The Morgan fingerprint density at radius 3 is 2.10 bits per heavy atom. The number of nitrogens with one attached hydrogen (secondary N) is 1. The average molecular weight is 318 g/mol. The molecule has 0 aromatic carbocycles. The molecular formula is C12H16F6N2O. The third-order valence-corrected chi connectivity index (χ3v) is 4.35. The maximum Gasteiger partial charge on any atom is 0.403 e. The number of rotatable bonds is 1. The SMILES string of the molecule is O=C(N1CCC(C(F)(F)F)C1)C1(C(F)(F)F)CCNCC1. The van der Waals surface area contributed by atoms with E-state index >= 15 is 0 Å². The fourth-order valence-electron chi connectivity index (χ4n) is 2.99. The minimum absolute atomic E-state index is 0.0296. The van der Waals surface area contributed by atoms with Crippen molar-refractivity contribution in [2.75, 3.05) is 26.2 Å². The Labute approximate surface area is 117 Å². The zero-order chi connectivity index (χ0) is 15.9. The molecule has 122 valence electrons. The zero-order valence-corrected chi connectivity index (χ0v) is 11.2. The molecule has 0 saturated carbocycles. The van der Waals surface area contributed by atoms with Gasteiger partial charge < -0.3 is 10.2 Å². The first-order valence-electron chi connectivity index (χ1n) is 6.71. The van der Waals surface area contributed by atoms with E-state index in [1.807, 2.05) is 0 Å². The molecule has 0 aliphatic carbocycles. The van der Waals surface area contributed by atoms with Crippen molar-refractivity contribution in [1.82, 2.24) is 10.2 Å². The van der Waals surface area contributed by atoms with Gasteiger partial charge in [0.2, 0.25) is 5.91 Å². The zero-order valence-electron chi connectivity index (χ0n) is 11.2. The van der Waals surface area contributed by atoms with Crippen molar-refractivity contribution in [3.8, 4) is 0 Å². The first-order valence-corrected chi connectivity index (χ1v) is 6.71. The summed E-state index contributed by atoms with van der Waals surface area (Å²) in [5.41, 5.74) is -2.54. The molecule has 2 rings (SSSR count). The van der Waals surface area contributed by atoms with Gasteiger partial charge in [0, 0.05) is 13.1 Å². The van der Waals surface area contributed by atoms with E-state index in [-0.39, 0.29) is 26.1 Å². The molecule has 2 aliphatic rings. The van der Waals surface area contributed by atoms with Crippen LogP contribution in [-0.4, -0.2) is 49.3 Å². The van der Waals surface area contributed by atoms with Crippen LogP contribution in [0.2, 0.25) is 0 Å². The van der Waals surface area contributed by atoms with Gasteiger partial charge in [-0.25, -0.2) is 0 Å². The summed E-state index contributed by atoms with van der Waals surface area (Å²) in [5, 5.41) is 2.74. The molecule has 1 amide bonds. The molecule has 0 aromatic rings. The molecule has 21 heavy (non-hydrogen) atoms. The van der Waals surface area contributed by atoms with Gasteiger partial charge in [0.25, 0.3) is 0 Å². The lowest BCUT2D eigenvalue weighted by atomic mass is 9.77. The van der Waals surface area contributed by atoms with E-state index in [1.54, 1.807) is 0 Å². The van der Waals surface area contributed by atoms with Gasteiger partial charge in [0.1, 0.15) is 5.41 Å². The summed E-state index contributed by atoms with van der Waals surface area (Å²) in [4.78, 5) is 13.0. The molecule has 0 bridgehead atoms. The number of likely N-dealkylation sites (tertiary alicyclic amines) is 1. The summed E-state index contributed by atoms with van der Waals surface area (Å²) in [6.07, 6.45) is -10.4. The van der Waals surface area contributed by atoms with Crippen molar-refractivity contribution in [3.63, 3.8) is 0 Å². The second-order valence-electron chi connectivity index (χ2n) is 5.61. The monoisotopic (exact) mass is 318 g/mol. The van der Waals surface area contributed by atoms with Gasteiger partial charge >= 0.3 is 12.4 Å². The topological polar surface area (TPSA) is 32.3 Å². The summed E-state index contributed by atoms with van der Waals surface area (Å²) in [7, 11) is 0. The van der Waals surface area contributed by atoms with E-state index in [0.29, 0.717) is 0 Å². The number of hydrogen-bond donors (Lipinski definition) is 1. The molecule has 1 unspecified atom stereocenters. The van der Waals surface area contributed by atoms with Crippen LogP contribution in [0.4, 0.5) is 26.3 Å². The predicted molar refractivity (Wildman–Crippen MR) is 61.3 cm³/mol. The number of nitrogens with zero attached hydrogens (tertiary/aromatic N) is 1. The Balaban J connectivity index is 2.17. The van der Waals surface area contributed by atoms with E-state index in [1.165, 1.54) is 0 Å². The maximum absolute atomic E-state index is 13.3. The first kappa shape index (κ1) is 16.4. The molecule has 0 aromatic heterocycles. The third-order valence-electron chi connectivity index (χ3n) is 4.35. The summed E-state index contributed by atoms with van der Waals surface area (Å²) in [6, 6.07) is 0. The normalized spacial score (nSPS) is 27.0. The van der Waals surface area contributed by atoms with Gasteiger partial charge in [-0.15, -0.1) is 0 Å². The van der Waals surface area contributed by atoms with Crippen molar-refractivity contribution in [3.05, 3.63) is 0 Å². The lowest BCUT2D eigenvalue weighted by Crippen LogP contribution is -2.56. The molecule has 0 spiro atoms. The van der Waals surface area contributed by atoms with Gasteiger partial charge in [-0.05, 0) is 32.4 Å². The second-order valence-corrected chi connectivity index (χ2v) is 5.61. The molecule has 1 atom stereocenters. The summed E-state index contributed by atoms with van der Waals surface area (Å²) >= 11 is 0. The molecular weight excluding hydrogens is 302 g/mol. The Kier molecular flexibility index (Phi) is 4.16. The third kappa shape index (κ3) is 2.97. The predicted octanol–water partition coefficient (Wildman–Crippen LogP) is 2.33. The van der Waals surface area contributed by atoms with E-state index in [9.17, 15) is 31.1 Å². The van der Waals surface area contributed by atoms with Gasteiger partial charge in [-0.2, -0.15) is 26.3 Å². The van der Waals surface area contributed by atoms with Crippen LogP contribution in [0, 0.1) is 11.3 Å². The standard InChI is InChI=1S/C12H16F6N2O/c13-11(14,15)8-1-6-20(7-8)9(21)10(12(16,17)18)2-4-19-5-3-10/h8,19H,1-7H2. The smallest absolute Gasteiger partial charge is 0.341 e. The molecule has 2 saturated heterocycles. The number of hydrogen-bond acceptors (Lipinski definition) is 2. The van der Waals surface area contributed by atoms with Crippen LogP contribution >= 0.6 is 0 Å². The van der Waals surface area contributed by atoms with Gasteiger partial charge in [-0.3, -0.25) is 4.79 Å². The van der Waals surface area contributed by atoms with Crippen LogP contribution in [0.15, 0.2) is 0 Å². The van der Waals surface area contributed by atoms with Gasteiger partial charge in [-0.1, -0.05) is 0 Å². The van der Waals surface area contributed by atoms with Crippen molar-refractivity contribution >= 4 is 5.91 Å². The number of piperidine rings is 1. The van der Waals surface area contributed by atoms with Gasteiger partial charge in [0.05, 0.1) is 5.92 Å². The molecule has 1 N–H and O–H groups in total. The van der Waals surface area contributed by atoms with E-state index in [2.05, 4.69) is 5.32 Å². The summed E-state index contributed by atoms with van der Waals surface area (Å²) in [6.45, 7) is -0.883. The van der Waals surface area contributed by atoms with E-state index < -0.39 is 49.0 Å². The molecule has 0 radical (unpaired) electrons. The van der Waals surface area contributed by atoms with Crippen LogP contribution in [0.5, 0.6) is 0 Å². The van der Waals surface area contributed by atoms with Crippen molar-refractivity contribution in [1.29, 1.82) is 0 Å². The summed E-state index contributed by atoms with van der Waals surface area (Å²) < 4.78 is 77.8. The van der Waals surface area contributed by atoms with Crippen LogP contribution in [0.25, 0.3) is 0 Å². The minimum atomic E-state index is -4.75.